The van der Waals surface area contributed by atoms with Gasteiger partial charge in [0.25, 0.3) is 0 Å². The van der Waals surface area contributed by atoms with Crippen molar-refractivity contribution in [2.75, 3.05) is 19.6 Å². The zero-order chi connectivity index (χ0) is 11.3. The van der Waals surface area contributed by atoms with E-state index in [1.165, 1.54) is 32.4 Å². The van der Waals surface area contributed by atoms with Crippen molar-refractivity contribution < 1.29 is 0 Å². The molecule has 0 bridgehead atoms. The molecule has 1 saturated heterocycles. The monoisotopic (exact) mass is 212 g/mol. The van der Waals surface area contributed by atoms with Gasteiger partial charge in [-0.15, -0.1) is 0 Å². The first kappa shape index (κ1) is 13.0. The molecule has 0 aromatic carbocycles. The lowest BCUT2D eigenvalue weighted by molar-refractivity contribution is 0.112. The molecule has 1 fully saturated rings. The van der Waals surface area contributed by atoms with Crippen LogP contribution in [0.1, 0.15) is 47.0 Å². The highest BCUT2D eigenvalue weighted by Crippen LogP contribution is 2.19. The van der Waals surface area contributed by atoms with Crippen molar-refractivity contribution in [3.05, 3.63) is 0 Å². The van der Waals surface area contributed by atoms with E-state index in [1.807, 2.05) is 0 Å². The van der Waals surface area contributed by atoms with E-state index in [2.05, 4.69) is 37.9 Å². The Morgan fingerprint density at radius 2 is 2.13 bits per heavy atom. The van der Waals surface area contributed by atoms with Crippen molar-refractivity contribution in [3.8, 4) is 0 Å². The Balaban J connectivity index is 2.45. The number of hydrogen-bond acceptors (Lipinski definition) is 2. The molecule has 0 radical (unpaired) electrons. The Morgan fingerprint density at radius 3 is 2.67 bits per heavy atom. The molecule has 1 N–H and O–H groups in total. The third kappa shape index (κ3) is 3.76. The van der Waals surface area contributed by atoms with Gasteiger partial charge in [-0.3, -0.25) is 4.90 Å². The highest BCUT2D eigenvalue weighted by atomic mass is 15.2. The molecule has 1 heterocycles. The largest absolute Gasteiger partial charge is 0.313 e. The van der Waals surface area contributed by atoms with E-state index in [0.717, 1.165) is 12.5 Å². The van der Waals surface area contributed by atoms with Crippen molar-refractivity contribution in [2.24, 2.45) is 5.92 Å². The second kappa shape index (κ2) is 6.49. The Labute approximate surface area is 95.4 Å². The molecule has 3 atom stereocenters. The molecule has 1 rings (SSSR count). The molecule has 90 valence electrons. The topological polar surface area (TPSA) is 15.3 Å². The molecule has 1 aliphatic rings. The minimum Gasteiger partial charge on any atom is -0.313 e. The van der Waals surface area contributed by atoms with E-state index in [-0.39, 0.29) is 0 Å². The number of likely N-dealkylation sites (tertiary alicyclic amines) is 1. The van der Waals surface area contributed by atoms with Crippen molar-refractivity contribution in [3.63, 3.8) is 0 Å². The van der Waals surface area contributed by atoms with Gasteiger partial charge in [-0.1, -0.05) is 20.8 Å². The van der Waals surface area contributed by atoms with Crippen LogP contribution in [0.5, 0.6) is 0 Å². The van der Waals surface area contributed by atoms with Gasteiger partial charge in [-0.05, 0) is 45.2 Å². The van der Waals surface area contributed by atoms with E-state index < -0.39 is 0 Å². The Morgan fingerprint density at radius 1 is 1.40 bits per heavy atom. The van der Waals surface area contributed by atoms with E-state index >= 15 is 0 Å². The second-order valence-electron chi connectivity index (χ2n) is 5.06. The maximum absolute atomic E-state index is 3.60. The summed E-state index contributed by atoms with van der Waals surface area (Å²) in [5.74, 6) is 0.889. The fourth-order valence-corrected chi connectivity index (χ4v) is 2.77. The summed E-state index contributed by atoms with van der Waals surface area (Å²) < 4.78 is 0. The maximum atomic E-state index is 3.60. The molecule has 15 heavy (non-hydrogen) atoms. The minimum atomic E-state index is 0.667. The van der Waals surface area contributed by atoms with E-state index in [1.54, 1.807) is 0 Å². The summed E-state index contributed by atoms with van der Waals surface area (Å²) in [6.07, 6.45) is 4.04. The molecule has 1 aliphatic heterocycles. The minimum absolute atomic E-state index is 0.667. The van der Waals surface area contributed by atoms with Crippen LogP contribution in [0.2, 0.25) is 0 Å². The van der Waals surface area contributed by atoms with Gasteiger partial charge in [0.15, 0.2) is 0 Å². The molecule has 0 aromatic heterocycles. The number of rotatable bonds is 5. The maximum Gasteiger partial charge on any atom is 0.0221 e. The van der Waals surface area contributed by atoms with Gasteiger partial charge < -0.3 is 5.32 Å². The first-order valence-electron chi connectivity index (χ1n) is 6.66. The number of nitrogens with zero attached hydrogens (tertiary/aromatic N) is 1. The zero-order valence-electron chi connectivity index (χ0n) is 10.9. The quantitative estimate of drug-likeness (QED) is 0.753. The van der Waals surface area contributed by atoms with Crippen LogP contribution in [0.4, 0.5) is 0 Å². The average molecular weight is 212 g/mol. The summed E-state index contributed by atoms with van der Waals surface area (Å²) in [6.45, 7) is 12.9. The Hall–Kier alpha value is -0.0800. The standard InChI is InChI=1S/C13H28N2/c1-5-13(14-6-2)12(4)15-9-7-8-11(3)10-15/h11-14H,5-10H2,1-4H3. The third-order valence-corrected chi connectivity index (χ3v) is 3.75. The number of likely N-dealkylation sites (N-methyl/N-ethyl adjacent to an activating group) is 1. The summed E-state index contributed by atoms with van der Waals surface area (Å²) >= 11 is 0. The summed E-state index contributed by atoms with van der Waals surface area (Å²) in [7, 11) is 0. The summed E-state index contributed by atoms with van der Waals surface area (Å²) in [6, 6.07) is 1.36. The van der Waals surface area contributed by atoms with E-state index in [4.69, 9.17) is 0 Å². The normalized spacial score (nSPS) is 27.6. The first-order valence-corrected chi connectivity index (χ1v) is 6.66. The van der Waals surface area contributed by atoms with Crippen molar-refractivity contribution in [1.29, 1.82) is 0 Å². The molecule has 2 nitrogen and oxygen atoms in total. The second-order valence-corrected chi connectivity index (χ2v) is 5.06. The summed E-state index contributed by atoms with van der Waals surface area (Å²) in [4.78, 5) is 2.67. The smallest absolute Gasteiger partial charge is 0.0221 e. The Kier molecular flexibility index (Phi) is 5.62. The predicted molar refractivity (Wildman–Crippen MR) is 67.2 cm³/mol. The molecule has 0 aliphatic carbocycles. The van der Waals surface area contributed by atoms with Crippen LogP contribution in [0.15, 0.2) is 0 Å². The van der Waals surface area contributed by atoms with Crippen molar-refractivity contribution in [1.82, 2.24) is 10.2 Å². The van der Waals surface area contributed by atoms with Crippen LogP contribution in [0.3, 0.4) is 0 Å². The lowest BCUT2D eigenvalue weighted by Gasteiger charge is -2.39. The van der Waals surface area contributed by atoms with Gasteiger partial charge in [-0.25, -0.2) is 0 Å². The van der Waals surface area contributed by atoms with E-state index in [0.29, 0.717) is 12.1 Å². The Bertz CT molecular complexity index is 170. The molecular formula is C13H28N2. The van der Waals surface area contributed by atoms with E-state index in [9.17, 15) is 0 Å². The van der Waals surface area contributed by atoms with Gasteiger partial charge >= 0.3 is 0 Å². The van der Waals surface area contributed by atoms with Crippen LogP contribution in [0.25, 0.3) is 0 Å². The van der Waals surface area contributed by atoms with Crippen molar-refractivity contribution >= 4 is 0 Å². The summed E-state index contributed by atoms with van der Waals surface area (Å²) in [5.41, 5.74) is 0. The average Bonchev–Trinajstić information content (AvgIpc) is 2.25. The highest BCUT2D eigenvalue weighted by molar-refractivity contribution is 4.83. The van der Waals surface area contributed by atoms with Crippen LogP contribution in [-0.2, 0) is 0 Å². The molecule has 0 spiro atoms. The SMILES string of the molecule is CCNC(CC)C(C)N1CCCC(C)C1. The first-order chi connectivity index (χ1) is 7.19. The lowest BCUT2D eigenvalue weighted by atomic mass is 9.96. The van der Waals surface area contributed by atoms with Gasteiger partial charge in [0, 0.05) is 18.6 Å². The van der Waals surface area contributed by atoms with Gasteiger partial charge in [0.2, 0.25) is 0 Å². The van der Waals surface area contributed by atoms with Crippen LogP contribution in [0, 0.1) is 5.92 Å². The van der Waals surface area contributed by atoms with Crippen LogP contribution >= 0.6 is 0 Å². The fourth-order valence-electron chi connectivity index (χ4n) is 2.77. The molecule has 0 aromatic rings. The number of piperidine rings is 1. The van der Waals surface area contributed by atoms with Crippen LogP contribution in [-0.4, -0.2) is 36.6 Å². The summed E-state index contributed by atoms with van der Waals surface area (Å²) in [5, 5.41) is 3.60. The van der Waals surface area contributed by atoms with Gasteiger partial charge in [0.1, 0.15) is 0 Å². The van der Waals surface area contributed by atoms with Crippen molar-refractivity contribution in [2.45, 2.75) is 59.0 Å². The molecular weight excluding hydrogens is 184 g/mol. The highest BCUT2D eigenvalue weighted by Gasteiger charge is 2.25. The molecule has 0 saturated carbocycles. The fraction of sp³-hybridized carbons (Fsp3) is 1.00. The zero-order valence-corrected chi connectivity index (χ0v) is 10.9. The predicted octanol–water partition coefficient (Wildman–Crippen LogP) is 2.49. The van der Waals surface area contributed by atoms with Gasteiger partial charge in [0.05, 0.1) is 0 Å². The van der Waals surface area contributed by atoms with Crippen LogP contribution < -0.4 is 5.32 Å². The lowest BCUT2D eigenvalue weighted by Crippen LogP contribution is -2.51. The molecule has 3 unspecified atom stereocenters. The molecule has 2 heteroatoms. The number of nitrogens with one attached hydrogen (secondary N) is 1. The molecule has 0 amide bonds. The third-order valence-electron chi connectivity index (χ3n) is 3.75. The van der Waals surface area contributed by atoms with Gasteiger partial charge in [-0.2, -0.15) is 0 Å². The number of hydrogen-bond donors (Lipinski definition) is 1.